The highest BCUT2D eigenvalue weighted by molar-refractivity contribution is 5.85. The molecule has 170 valence electrons. The Labute approximate surface area is 181 Å². The van der Waals surface area contributed by atoms with E-state index in [1.807, 2.05) is 39.0 Å². The van der Waals surface area contributed by atoms with Crippen LogP contribution in [0.4, 0.5) is 4.79 Å². The summed E-state index contributed by atoms with van der Waals surface area (Å²) in [6.45, 7) is 12.0. The van der Waals surface area contributed by atoms with Crippen molar-refractivity contribution in [1.82, 2.24) is 10.2 Å². The van der Waals surface area contributed by atoms with Crippen LogP contribution in [0.3, 0.4) is 0 Å². The Balaban J connectivity index is 2.81. The van der Waals surface area contributed by atoms with E-state index in [9.17, 15) is 9.59 Å². The van der Waals surface area contributed by atoms with E-state index < -0.39 is 17.7 Å². The highest BCUT2D eigenvalue weighted by Gasteiger charge is 2.33. The first-order valence-corrected chi connectivity index (χ1v) is 10.2. The molecule has 7 heteroatoms. The molecule has 2 amide bonds. The van der Waals surface area contributed by atoms with Crippen LogP contribution < -0.4 is 14.8 Å². The number of hydrogen-bond donors (Lipinski definition) is 1. The Morgan fingerprint density at radius 2 is 1.63 bits per heavy atom. The monoisotopic (exact) mass is 422 g/mol. The third-order valence-electron chi connectivity index (χ3n) is 4.42. The lowest BCUT2D eigenvalue weighted by Crippen LogP contribution is -2.50. The number of carbonyl (C=O) groups excluding carboxylic acids is 2. The summed E-state index contributed by atoms with van der Waals surface area (Å²) in [7, 11) is 4.79. The second kappa shape index (κ2) is 10.5. The SMILES string of the molecule is COc1ccc(CCNC(=O)[C@@H](CC(C)(C)C)N(C)C(=O)OC(C)(C)C)cc1OC. The second-order valence-electron chi connectivity index (χ2n) is 9.60. The third-order valence-corrected chi connectivity index (χ3v) is 4.42. The maximum Gasteiger partial charge on any atom is 0.410 e. The summed E-state index contributed by atoms with van der Waals surface area (Å²) < 4.78 is 16.0. The number of likely N-dealkylation sites (N-methyl/N-ethyl adjacent to an activating group) is 1. The molecule has 0 saturated carbocycles. The van der Waals surface area contributed by atoms with Crippen molar-refractivity contribution in [2.45, 2.75) is 66.0 Å². The zero-order chi connectivity index (χ0) is 23.1. The molecule has 0 spiro atoms. The third kappa shape index (κ3) is 8.51. The van der Waals surface area contributed by atoms with Crippen LogP contribution in [0.2, 0.25) is 0 Å². The number of ether oxygens (including phenoxy) is 3. The van der Waals surface area contributed by atoms with Gasteiger partial charge in [-0.1, -0.05) is 26.8 Å². The van der Waals surface area contributed by atoms with Gasteiger partial charge >= 0.3 is 6.09 Å². The molecule has 1 N–H and O–H groups in total. The first kappa shape index (κ1) is 25.6. The molecule has 30 heavy (non-hydrogen) atoms. The van der Waals surface area contributed by atoms with Crippen molar-refractivity contribution in [3.05, 3.63) is 23.8 Å². The topological polar surface area (TPSA) is 77.1 Å². The van der Waals surface area contributed by atoms with E-state index >= 15 is 0 Å². The second-order valence-corrected chi connectivity index (χ2v) is 9.60. The molecule has 0 aliphatic rings. The van der Waals surface area contributed by atoms with Crippen LogP contribution in [-0.4, -0.2) is 56.4 Å². The maximum absolute atomic E-state index is 12.9. The zero-order valence-electron chi connectivity index (χ0n) is 19.9. The van der Waals surface area contributed by atoms with Crippen LogP contribution in [0, 0.1) is 5.41 Å². The fourth-order valence-electron chi connectivity index (χ4n) is 2.93. The molecule has 0 fully saturated rings. The average molecular weight is 423 g/mol. The summed E-state index contributed by atoms with van der Waals surface area (Å²) in [5, 5.41) is 2.96. The molecule has 0 unspecified atom stereocenters. The van der Waals surface area contributed by atoms with Gasteiger partial charge in [-0.15, -0.1) is 0 Å². The van der Waals surface area contributed by atoms with Crippen LogP contribution in [0.1, 0.15) is 53.5 Å². The molecule has 1 aromatic rings. The lowest BCUT2D eigenvalue weighted by molar-refractivity contribution is -0.127. The van der Waals surface area contributed by atoms with Crippen LogP contribution >= 0.6 is 0 Å². The van der Waals surface area contributed by atoms with Crippen LogP contribution in [0.15, 0.2) is 18.2 Å². The number of methoxy groups -OCH3 is 2. The molecule has 1 atom stereocenters. The number of rotatable bonds is 8. The largest absolute Gasteiger partial charge is 0.493 e. The van der Waals surface area contributed by atoms with E-state index in [0.717, 1.165) is 5.56 Å². The van der Waals surface area contributed by atoms with Gasteiger partial charge < -0.3 is 19.5 Å². The quantitative estimate of drug-likeness (QED) is 0.684. The number of benzene rings is 1. The van der Waals surface area contributed by atoms with Gasteiger partial charge in [0.25, 0.3) is 0 Å². The van der Waals surface area contributed by atoms with Gasteiger partial charge in [0.2, 0.25) is 5.91 Å². The standard InChI is InChI=1S/C23H38N2O5/c1-22(2,3)15-17(25(7)21(27)30-23(4,5)6)20(26)24-13-12-16-10-11-18(28-8)19(14-16)29-9/h10-11,14,17H,12-13,15H2,1-9H3,(H,24,26)/t17-/m1/s1. The van der Waals surface area contributed by atoms with Gasteiger partial charge in [-0.05, 0) is 56.7 Å². The van der Waals surface area contributed by atoms with Gasteiger partial charge in [0.15, 0.2) is 11.5 Å². The van der Waals surface area contributed by atoms with Gasteiger partial charge in [0.05, 0.1) is 14.2 Å². The highest BCUT2D eigenvalue weighted by Crippen LogP contribution is 2.28. The smallest absolute Gasteiger partial charge is 0.410 e. The summed E-state index contributed by atoms with van der Waals surface area (Å²) >= 11 is 0. The normalized spacial score (nSPS) is 12.7. The molecule has 0 aliphatic carbocycles. The minimum absolute atomic E-state index is 0.137. The molecular weight excluding hydrogens is 384 g/mol. The molecular formula is C23H38N2O5. The predicted molar refractivity (Wildman–Crippen MR) is 118 cm³/mol. The molecule has 0 aromatic heterocycles. The Hall–Kier alpha value is -2.44. The summed E-state index contributed by atoms with van der Waals surface area (Å²) in [4.78, 5) is 26.8. The first-order valence-electron chi connectivity index (χ1n) is 10.2. The summed E-state index contributed by atoms with van der Waals surface area (Å²) in [6, 6.07) is 5.05. The summed E-state index contributed by atoms with van der Waals surface area (Å²) in [6.07, 6.45) is 0.641. The van der Waals surface area contributed by atoms with Crippen molar-refractivity contribution in [3.63, 3.8) is 0 Å². The molecule has 1 aromatic carbocycles. The van der Waals surface area contributed by atoms with Gasteiger partial charge in [-0.3, -0.25) is 9.69 Å². The fourth-order valence-corrected chi connectivity index (χ4v) is 2.93. The van der Waals surface area contributed by atoms with E-state index in [0.29, 0.717) is 30.9 Å². The Morgan fingerprint density at radius 1 is 1.03 bits per heavy atom. The van der Waals surface area contributed by atoms with E-state index in [2.05, 4.69) is 5.32 Å². The summed E-state index contributed by atoms with van der Waals surface area (Å²) in [5.74, 6) is 1.12. The molecule has 0 heterocycles. The van der Waals surface area contributed by atoms with Crippen molar-refractivity contribution >= 4 is 12.0 Å². The minimum Gasteiger partial charge on any atom is -0.493 e. The van der Waals surface area contributed by atoms with Gasteiger partial charge in [-0.25, -0.2) is 4.79 Å². The highest BCUT2D eigenvalue weighted by atomic mass is 16.6. The van der Waals surface area contributed by atoms with Gasteiger partial charge in [0.1, 0.15) is 11.6 Å². The number of nitrogens with zero attached hydrogens (tertiary/aromatic N) is 1. The van der Waals surface area contributed by atoms with Crippen molar-refractivity contribution in [2.24, 2.45) is 5.41 Å². The Bertz CT molecular complexity index is 719. The molecule has 1 rings (SSSR count). The maximum atomic E-state index is 12.9. The molecule has 0 bridgehead atoms. The van der Waals surface area contributed by atoms with Crippen LogP contribution in [-0.2, 0) is 16.0 Å². The molecule has 0 saturated heterocycles. The Kier molecular flexibility index (Phi) is 9.00. The zero-order valence-corrected chi connectivity index (χ0v) is 19.9. The van der Waals surface area contributed by atoms with E-state index in [4.69, 9.17) is 14.2 Å². The summed E-state index contributed by atoms with van der Waals surface area (Å²) in [5.41, 5.74) is 0.254. The van der Waals surface area contributed by atoms with Crippen molar-refractivity contribution in [3.8, 4) is 11.5 Å². The molecule has 7 nitrogen and oxygen atoms in total. The first-order chi connectivity index (χ1) is 13.8. The lowest BCUT2D eigenvalue weighted by atomic mass is 9.87. The van der Waals surface area contributed by atoms with Crippen molar-refractivity contribution in [2.75, 3.05) is 27.8 Å². The minimum atomic E-state index is -0.623. The van der Waals surface area contributed by atoms with Gasteiger partial charge in [0, 0.05) is 13.6 Å². The van der Waals surface area contributed by atoms with E-state index in [1.165, 1.54) is 4.90 Å². The van der Waals surface area contributed by atoms with Gasteiger partial charge in [-0.2, -0.15) is 0 Å². The molecule has 0 radical (unpaired) electrons. The Morgan fingerprint density at radius 3 is 2.13 bits per heavy atom. The number of carbonyl (C=O) groups is 2. The number of nitrogens with one attached hydrogen (secondary N) is 1. The molecule has 0 aliphatic heterocycles. The predicted octanol–water partition coefficient (Wildman–Crippen LogP) is 4.03. The van der Waals surface area contributed by atoms with Crippen molar-refractivity contribution < 1.29 is 23.8 Å². The number of hydrogen-bond acceptors (Lipinski definition) is 5. The van der Waals surface area contributed by atoms with E-state index in [1.54, 1.807) is 42.0 Å². The number of amides is 2. The van der Waals surface area contributed by atoms with E-state index in [-0.39, 0.29) is 11.3 Å². The van der Waals surface area contributed by atoms with Crippen molar-refractivity contribution in [1.29, 1.82) is 0 Å². The van der Waals surface area contributed by atoms with Crippen LogP contribution in [0.25, 0.3) is 0 Å². The fraction of sp³-hybridized carbons (Fsp3) is 0.652. The van der Waals surface area contributed by atoms with Crippen LogP contribution in [0.5, 0.6) is 11.5 Å². The average Bonchev–Trinajstić information content (AvgIpc) is 2.63. The lowest BCUT2D eigenvalue weighted by Gasteiger charge is -2.33.